The number of thioether (sulfide) groups is 1. The molecule has 1 saturated carbocycles. The van der Waals surface area contributed by atoms with Gasteiger partial charge >= 0.3 is 0 Å². The first-order valence-electron chi connectivity index (χ1n) is 10.6. The van der Waals surface area contributed by atoms with Crippen molar-refractivity contribution in [1.29, 1.82) is 0 Å². The van der Waals surface area contributed by atoms with Crippen molar-refractivity contribution < 1.29 is 19.0 Å². The Morgan fingerprint density at radius 1 is 1.23 bits per heavy atom. The molecule has 0 aromatic carbocycles. The van der Waals surface area contributed by atoms with Gasteiger partial charge in [-0.05, 0) is 56.1 Å². The standard InChI is InChI=1S/C21H29N3O4S2/c1-13(22-14(2)25)11-26-17-9-15(10-17)12-27-19-4-3-18-20(24-19)30-21(23-18)28-16-5-7-29-8-6-16/h3-4,13,15-17H,5-12H2,1-2H3,(H,22,25)/t13-,15?,17?/m0/s1. The monoisotopic (exact) mass is 451 g/mol. The molecule has 2 fully saturated rings. The van der Waals surface area contributed by atoms with Crippen molar-refractivity contribution in [2.45, 2.75) is 57.8 Å². The first kappa shape index (κ1) is 21.6. The number of thiazole rings is 1. The van der Waals surface area contributed by atoms with Gasteiger partial charge in [-0.25, -0.2) is 9.97 Å². The average Bonchev–Trinajstić information content (AvgIpc) is 3.08. The van der Waals surface area contributed by atoms with Crippen LogP contribution in [0.3, 0.4) is 0 Å². The predicted octanol–water partition coefficient (Wildman–Crippen LogP) is 3.66. The first-order chi connectivity index (χ1) is 14.5. The van der Waals surface area contributed by atoms with Gasteiger partial charge < -0.3 is 19.5 Å². The van der Waals surface area contributed by atoms with Crippen LogP contribution >= 0.6 is 23.1 Å². The Hall–Kier alpha value is -1.58. The smallest absolute Gasteiger partial charge is 0.276 e. The van der Waals surface area contributed by atoms with E-state index in [4.69, 9.17) is 14.2 Å². The molecule has 4 rings (SSSR count). The average molecular weight is 452 g/mol. The van der Waals surface area contributed by atoms with Crippen molar-refractivity contribution in [1.82, 2.24) is 15.3 Å². The second kappa shape index (κ2) is 10.2. The van der Waals surface area contributed by atoms with E-state index in [-0.39, 0.29) is 24.2 Å². The van der Waals surface area contributed by atoms with Gasteiger partial charge in [-0.15, -0.1) is 0 Å². The number of aromatic nitrogens is 2. The van der Waals surface area contributed by atoms with Gasteiger partial charge in [0, 0.05) is 19.0 Å². The van der Waals surface area contributed by atoms with Crippen LogP contribution in [0, 0.1) is 5.92 Å². The number of amides is 1. The summed E-state index contributed by atoms with van der Waals surface area (Å²) in [6.45, 7) is 4.66. The Balaban J connectivity index is 1.20. The van der Waals surface area contributed by atoms with Gasteiger partial charge in [0.15, 0.2) is 4.83 Å². The molecule has 1 amide bonds. The van der Waals surface area contributed by atoms with Crippen molar-refractivity contribution in [2.24, 2.45) is 5.92 Å². The molecule has 30 heavy (non-hydrogen) atoms. The second-order valence-electron chi connectivity index (χ2n) is 8.09. The maximum absolute atomic E-state index is 11.0. The number of nitrogens with one attached hydrogen (secondary N) is 1. The normalized spacial score (nSPS) is 23.0. The van der Waals surface area contributed by atoms with Crippen LogP contribution in [0.15, 0.2) is 12.1 Å². The third-order valence-electron chi connectivity index (χ3n) is 5.34. The summed E-state index contributed by atoms with van der Waals surface area (Å²) in [7, 11) is 0. The van der Waals surface area contributed by atoms with Gasteiger partial charge in [-0.2, -0.15) is 11.8 Å². The molecule has 1 N–H and O–H groups in total. The lowest BCUT2D eigenvalue weighted by atomic mass is 9.83. The fraction of sp³-hybridized carbons (Fsp3) is 0.667. The molecule has 2 aromatic heterocycles. The number of carbonyl (C=O) groups excluding carboxylic acids is 1. The number of hydrogen-bond acceptors (Lipinski definition) is 8. The summed E-state index contributed by atoms with van der Waals surface area (Å²) in [5.74, 6) is 3.41. The lowest BCUT2D eigenvalue weighted by Gasteiger charge is -2.35. The molecule has 0 unspecified atom stereocenters. The van der Waals surface area contributed by atoms with Gasteiger partial charge in [0.25, 0.3) is 5.19 Å². The van der Waals surface area contributed by atoms with Crippen molar-refractivity contribution in [3.63, 3.8) is 0 Å². The first-order valence-corrected chi connectivity index (χ1v) is 12.6. The molecule has 1 atom stereocenters. The maximum atomic E-state index is 11.0. The number of nitrogens with zero attached hydrogens (tertiary/aromatic N) is 2. The summed E-state index contributed by atoms with van der Waals surface area (Å²) < 4.78 is 17.8. The Morgan fingerprint density at radius 3 is 2.80 bits per heavy atom. The molecule has 1 aliphatic heterocycles. The Bertz CT molecular complexity index is 850. The highest BCUT2D eigenvalue weighted by Gasteiger charge is 2.31. The van der Waals surface area contributed by atoms with E-state index in [2.05, 4.69) is 15.3 Å². The van der Waals surface area contributed by atoms with E-state index in [0.717, 1.165) is 47.5 Å². The maximum Gasteiger partial charge on any atom is 0.276 e. The van der Waals surface area contributed by atoms with Gasteiger partial charge in [-0.3, -0.25) is 4.79 Å². The van der Waals surface area contributed by atoms with Crippen molar-refractivity contribution >= 4 is 39.4 Å². The van der Waals surface area contributed by atoms with Crippen LogP contribution < -0.4 is 14.8 Å². The fourth-order valence-corrected chi connectivity index (χ4v) is 5.58. The zero-order valence-corrected chi connectivity index (χ0v) is 19.1. The molecule has 164 valence electrons. The van der Waals surface area contributed by atoms with Crippen LogP contribution in [0.5, 0.6) is 11.1 Å². The zero-order valence-electron chi connectivity index (χ0n) is 17.5. The summed E-state index contributed by atoms with van der Waals surface area (Å²) in [5, 5.41) is 3.54. The van der Waals surface area contributed by atoms with Crippen LogP contribution in [-0.2, 0) is 9.53 Å². The number of fused-ring (bicyclic) bond motifs is 1. The highest BCUT2D eigenvalue weighted by Crippen LogP contribution is 2.33. The molecule has 1 saturated heterocycles. The van der Waals surface area contributed by atoms with Crippen molar-refractivity contribution in [3.05, 3.63) is 12.1 Å². The lowest BCUT2D eigenvalue weighted by Crippen LogP contribution is -2.40. The van der Waals surface area contributed by atoms with Crippen LogP contribution in [0.2, 0.25) is 0 Å². The molecular weight excluding hydrogens is 422 g/mol. The predicted molar refractivity (Wildman–Crippen MR) is 120 cm³/mol. The van der Waals surface area contributed by atoms with Crippen LogP contribution in [0.4, 0.5) is 0 Å². The summed E-state index contributed by atoms with van der Waals surface area (Å²) in [6, 6.07) is 3.87. The highest BCUT2D eigenvalue weighted by molar-refractivity contribution is 7.99. The zero-order chi connectivity index (χ0) is 20.9. The number of hydrogen-bond donors (Lipinski definition) is 1. The van der Waals surface area contributed by atoms with E-state index in [1.807, 2.05) is 30.8 Å². The molecule has 2 aromatic rings. The van der Waals surface area contributed by atoms with E-state index >= 15 is 0 Å². The minimum atomic E-state index is -0.0248. The fourth-order valence-electron chi connectivity index (χ4n) is 3.67. The molecule has 1 aliphatic carbocycles. The SMILES string of the molecule is CC(=O)N[C@@H](C)COC1CC(COc2ccc3nc(OC4CCSCC4)sc3n2)C1. The summed E-state index contributed by atoms with van der Waals surface area (Å²) >= 11 is 3.48. The van der Waals surface area contributed by atoms with Gasteiger partial charge in [-0.1, -0.05) is 11.3 Å². The number of rotatable bonds is 9. The number of carbonyl (C=O) groups is 1. The Morgan fingerprint density at radius 2 is 2.03 bits per heavy atom. The Kier molecular flexibility index (Phi) is 7.32. The molecular formula is C21H29N3O4S2. The van der Waals surface area contributed by atoms with Gasteiger partial charge in [0.1, 0.15) is 11.6 Å². The second-order valence-corrected chi connectivity index (χ2v) is 10.3. The van der Waals surface area contributed by atoms with E-state index in [1.165, 1.54) is 18.3 Å². The third-order valence-corrected chi connectivity index (χ3v) is 7.24. The van der Waals surface area contributed by atoms with Gasteiger partial charge in [0.05, 0.1) is 19.3 Å². The molecule has 3 heterocycles. The van der Waals surface area contributed by atoms with Crippen molar-refractivity contribution in [2.75, 3.05) is 24.7 Å². The molecule has 2 aliphatic rings. The summed E-state index contributed by atoms with van der Waals surface area (Å²) in [4.78, 5) is 21.0. The van der Waals surface area contributed by atoms with Crippen LogP contribution in [0.25, 0.3) is 10.3 Å². The van der Waals surface area contributed by atoms with Crippen molar-refractivity contribution in [3.8, 4) is 11.1 Å². The molecule has 0 radical (unpaired) electrons. The van der Waals surface area contributed by atoms with E-state index in [0.29, 0.717) is 30.2 Å². The molecule has 0 spiro atoms. The van der Waals surface area contributed by atoms with Crippen LogP contribution in [0.1, 0.15) is 39.5 Å². The Labute approximate surface area is 185 Å². The van der Waals surface area contributed by atoms with E-state index in [9.17, 15) is 4.79 Å². The van der Waals surface area contributed by atoms with E-state index < -0.39 is 0 Å². The third kappa shape index (κ3) is 5.98. The van der Waals surface area contributed by atoms with E-state index in [1.54, 1.807) is 0 Å². The summed E-state index contributed by atoms with van der Waals surface area (Å²) in [6.07, 6.45) is 4.66. The summed E-state index contributed by atoms with van der Waals surface area (Å²) in [5.41, 5.74) is 0.859. The molecule has 7 nitrogen and oxygen atoms in total. The lowest BCUT2D eigenvalue weighted by molar-refractivity contribution is -0.120. The highest BCUT2D eigenvalue weighted by atomic mass is 32.2. The van der Waals surface area contributed by atoms with Gasteiger partial charge in [0.2, 0.25) is 11.8 Å². The molecule has 9 heteroatoms. The quantitative estimate of drug-likeness (QED) is 0.623. The largest absolute Gasteiger partial charge is 0.477 e. The minimum Gasteiger partial charge on any atom is -0.477 e. The van der Waals surface area contributed by atoms with Crippen LogP contribution in [-0.4, -0.2) is 58.8 Å². The minimum absolute atomic E-state index is 0.0248. The molecule has 0 bridgehead atoms. The topological polar surface area (TPSA) is 82.6 Å². The number of ether oxygens (including phenoxy) is 3. The number of pyridine rings is 1.